The highest BCUT2D eigenvalue weighted by Crippen LogP contribution is 2.37. The topological polar surface area (TPSA) is 283 Å². The Balaban J connectivity index is 0.000000183. The normalized spacial score (nSPS) is 10.9. The summed E-state index contributed by atoms with van der Waals surface area (Å²) in [6, 6.07) is 30.9. The van der Waals surface area contributed by atoms with E-state index in [-0.39, 0.29) is 86.7 Å². The second-order valence-electron chi connectivity index (χ2n) is 17.0. The van der Waals surface area contributed by atoms with Crippen LogP contribution in [0.4, 0.5) is 60.5 Å². The number of halogens is 7. The highest BCUT2D eigenvalue weighted by molar-refractivity contribution is 9.10. The summed E-state index contributed by atoms with van der Waals surface area (Å²) in [4.78, 5) is 76.4. The molecule has 436 valence electrons. The van der Waals surface area contributed by atoms with Gasteiger partial charge in [0.25, 0.3) is 0 Å². The number of para-hydroxylation sites is 3. The number of fused-ring (bicyclic) bond motifs is 3. The summed E-state index contributed by atoms with van der Waals surface area (Å²) in [7, 11) is 0. The first-order chi connectivity index (χ1) is 40.5. The Bertz CT molecular complexity index is 4050. The lowest BCUT2D eigenvalue weighted by Gasteiger charge is -2.16. The molecule has 20 nitrogen and oxygen atoms in total. The van der Waals surface area contributed by atoms with Gasteiger partial charge in [-0.1, -0.05) is 52.3 Å². The molecule has 27 heteroatoms. The number of anilines is 6. The van der Waals surface area contributed by atoms with Gasteiger partial charge in [0.15, 0.2) is 5.65 Å². The van der Waals surface area contributed by atoms with Crippen molar-refractivity contribution in [2.24, 2.45) is 0 Å². The van der Waals surface area contributed by atoms with Crippen LogP contribution in [0.25, 0.3) is 32.8 Å². The molecule has 0 aliphatic rings. The van der Waals surface area contributed by atoms with Crippen LogP contribution in [-0.4, -0.2) is 92.5 Å². The van der Waals surface area contributed by atoms with Gasteiger partial charge in [-0.25, -0.2) is 33.9 Å². The number of alkyl halides is 6. The Morgan fingerprint density at radius 2 is 0.906 bits per heavy atom. The van der Waals surface area contributed by atoms with Crippen LogP contribution in [0.15, 0.2) is 145 Å². The minimum atomic E-state index is -4.95. The van der Waals surface area contributed by atoms with Gasteiger partial charge in [0.1, 0.15) is 34.3 Å². The Morgan fingerprint density at radius 1 is 0.506 bits per heavy atom. The Morgan fingerprint density at radius 3 is 1.39 bits per heavy atom. The molecule has 4 aromatic heterocycles. The number of nitrogens with zero attached hydrogens (tertiary/aromatic N) is 5. The molecule has 4 heterocycles. The third-order valence-electron chi connectivity index (χ3n) is 11.5. The molecule has 5 aromatic carbocycles. The first-order valence-corrected chi connectivity index (χ1v) is 25.6. The number of carboxylic acid groups (broad SMARTS) is 2. The number of nitriles is 1. The van der Waals surface area contributed by atoms with Crippen LogP contribution in [0.5, 0.6) is 11.5 Å². The lowest BCUT2D eigenvalue weighted by Crippen LogP contribution is -2.17. The predicted octanol–water partition coefficient (Wildman–Crippen LogP) is 13.7. The van der Waals surface area contributed by atoms with Gasteiger partial charge in [0.05, 0.1) is 87.9 Å². The van der Waals surface area contributed by atoms with Crippen molar-refractivity contribution in [1.29, 1.82) is 5.26 Å². The van der Waals surface area contributed by atoms with E-state index in [0.29, 0.717) is 33.5 Å². The number of hydrogen-bond donors (Lipinski definition) is 5. The Labute approximate surface area is 485 Å². The van der Waals surface area contributed by atoms with Crippen molar-refractivity contribution in [2.75, 3.05) is 35.8 Å². The largest absolute Gasteiger partial charge is 0.573 e. The molecule has 0 aliphatic carbocycles. The van der Waals surface area contributed by atoms with E-state index in [0.717, 1.165) is 35.1 Å². The van der Waals surface area contributed by atoms with Crippen LogP contribution in [0.2, 0.25) is 0 Å². The molecule has 0 saturated carbocycles. The zero-order chi connectivity index (χ0) is 61.6. The second-order valence-corrected chi connectivity index (χ2v) is 17.9. The fourth-order valence-corrected chi connectivity index (χ4v) is 8.29. The zero-order valence-corrected chi connectivity index (χ0v) is 45.8. The third-order valence-corrected chi connectivity index (χ3v) is 12.0. The number of benzene rings is 5. The average Bonchev–Trinajstić information content (AvgIpc) is 1.40. The quantitative estimate of drug-likeness (QED) is 0.0341. The first kappa shape index (κ1) is 62.0. The molecule has 0 radical (unpaired) electrons. The Kier molecular flexibility index (Phi) is 20.0. The number of esters is 3. The summed E-state index contributed by atoms with van der Waals surface area (Å²) in [5.74, 6) is -5.45. The molecule has 0 aliphatic heterocycles. The predicted molar refractivity (Wildman–Crippen MR) is 300 cm³/mol. The van der Waals surface area contributed by atoms with Crippen molar-refractivity contribution in [1.82, 2.24) is 19.9 Å². The number of carboxylic acids is 2. The number of pyridine rings is 4. The van der Waals surface area contributed by atoms with Crippen LogP contribution in [0.3, 0.4) is 0 Å². The maximum absolute atomic E-state index is 12.6. The minimum absolute atomic E-state index is 0.00231. The average molecular weight is 1240 g/mol. The molecule has 0 fully saturated rings. The van der Waals surface area contributed by atoms with Crippen molar-refractivity contribution in [3.63, 3.8) is 0 Å². The maximum atomic E-state index is 12.6. The monoisotopic (exact) mass is 1240 g/mol. The molecule has 0 amide bonds. The SMILES string of the molecule is CCOC(=O)c1cnc2ccc(Br)cc2c1Nc1ccccc1C(=O)O.CCOC(=O)c1cnc2ccc(OC(F)(F)F)cc2c1Nc1ccccc1C#N.CCOC(=O)c1cnc2ncc(OC(F)(F)F)cc2c1Nc1ccccc1C(=O)O. The summed E-state index contributed by atoms with van der Waals surface area (Å²) in [6.07, 6.45) is -5.15. The minimum Gasteiger partial charge on any atom is -0.478 e. The molecule has 9 rings (SSSR count). The number of nitrogens with one attached hydrogen (secondary N) is 3. The first-order valence-electron chi connectivity index (χ1n) is 24.8. The van der Waals surface area contributed by atoms with E-state index in [1.54, 1.807) is 69.3 Å². The molecule has 5 N–H and O–H groups in total. The summed E-state index contributed by atoms with van der Waals surface area (Å²) >= 11 is 3.42. The fraction of sp³-hybridized carbons (Fsp3) is 0.138. The van der Waals surface area contributed by atoms with E-state index in [2.05, 4.69) is 61.3 Å². The summed E-state index contributed by atoms with van der Waals surface area (Å²) in [5, 5.41) is 37.8. The second kappa shape index (κ2) is 27.4. The fourth-order valence-electron chi connectivity index (χ4n) is 7.93. The lowest BCUT2D eigenvalue weighted by atomic mass is 10.1. The van der Waals surface area contributed by atoms with Gasteiger partial charge in [0.2, 0.25) is 0 Å². The van der Waals surface area contributed by atoms with Gasteiger partial charge < -0.3 is 49.8 Å². The number of ether oxygens (including phenoxy) is 5. The van der Waals surface area contributed by atoms with E-state index in [9.17, 15) is 65.8 Å². The van der Waals surface area contributed by atoms with Crippen molar-refractivity contribution in [3.8, 4) is 17.6 Å². The molecule has 0 spiro atoms. The molecule has 9 aromatic rings. The summed E-state index contributed by atoms with van der Waals surface area (Å²) < 4.78 is 99.6. The molecular formula is C58H43BrF6N8O12. The van der Waals surface area contributed by atoms with Gasteiger partial charge in [-0.05, 0) is 99.6 Å². The standard InChI is InChI=1S/C20H14F3N3O3.C19H15BrN2O4.C19H14F3N3O5/c1-2-28-19(27)15-11-25-17-8-7-13(29-20(21,22)23)9-14(17)18(15)26-16-6-4-3-5-12(16)10-24;1-2-26-19(25)14-10-21-15-8-7-11(20)9-13(15)17(14)22-16-6-4-3-5-12(16)18(23)24;1-2-29-18(28)13-9-24-16-12(7-10(8-23-16)30-19(20,21)22)15(13)25-14-6-4-3-5-11(14)17(26)27/h3-9,11H,2H2,1H3,(H,25,26);3-10H,2H2,1H3,(H,21,22)(H,23,24);3-9H,2H2,1H3,(H,26,27)(H,23,24,25). The highest BCUT2D eigenvalue weighted by atomic mass is 79.9. The van der Waals surface area contributed by atoms with Crippen LogP contribution < -0.4 is 25.4 Å². The van der Waals surface area contributed by atoms with E-state index in [1.165, 1.54) is 42.7 Å². The van der Waals surface area contributed by atoms with Crippen molar-refractivity contribution >= 4 is 113 Å². The zero-order valence-electron chi connectivity index (χ0n) is 44.3. The number of carbonyl (C=O) groups excluding carboxylic acids is 3. The van der Waals surface area contributed by atoms with Gasteiger partial charge >= 0.3 is 42.6 Å². The summed E-state index contributed by atoms with van der Waals surface area (Å²) in [5.41, 5.74) is 2.82. The van der Waals surface area contributed by atoms with Crippen LogP contribution in [0.1, 0.15) is 78.1 Å². The number of rotatable bonds is 16. The molecule has 85 heavy (non-hydrogen) atoms. The molecular weight excluding hydrogens is 1190 g/mol. The molecule has 0 atom stereocenters. The van der Waals surface area contributed by atoms with Crippen LogP contribution in [-0.2, 0) is 14.2 Å². The van der Waals surface area contributed by atoms with Crippen molar-refractivity contribution in [3.05, 3.63) is 178 Å². The van der Waals surface area contributed by atoms with Gasteiger partial charge in [0, 0.05) is 39.2 Å². The van der Waals surface area contributed by atoms with E-state index < -0.39 is 54.1 Å². The Hall–Kier alpha value is -10.6. The smallest absolute Gasteiger partial charge is 0.478 e. The molecule has 0 bridgehead atoms. The van der Waals surface area contributed by atoms with E-state index in [4.69, 9.17) is 14.2 Å². The van der Waals surface area contributed by atoms with Gasteiger partial charge in [-0.3, -0.25) is 9.97 Å². The number of hydrogen-bond acceptors (Lipinski definition) is 18. The highest BCUT2D eigenvalue weighted by Gasteiger charge is 2.33. The molecule has 0 unspecified atom stereocenters. The van der Waals surface area contributed by atoms with Crippen molar-refractivity contribution < 1.29 is 84.2 Å². The number of carbonyl (C=O) groups is 5. The molecule has 0 saturated heterocycles. The van der Waals surface area contributed by atoms with E-state index >= 15 is 0 Å². The summed E-state index contributed by atoms with van der Waals surface area (Å²) in [6.45, 7) is 5.28. The van der Waals surface area contributed by atoms with E-state index in [1.807, 2.05) is 24.3 Å². The lowest BCUT2D eigenvalue weighted by molar-refractivity contribution is -0.275. The van der Waals surface area contributed by atoms with Crippen LogP contribution in [0, 0.1) is 11.3 Å². The third kappa shape index (κ3) is 15.9. The van der Waals surface area contributed by atoms with Crippen LogP contribution >= 0.6 is 15.9 Å². The number of aromatic nitrogens is 4. The van der Waals surface area contributed by atoms with Gasteiger partial charge in [-0.15, -0.1) is 26.3 Å². The van der Waals surface area contributed by atoms with Gasteiger partial charge in [-0.2, -0.15) is 5.26 Å². The van der Waals surface area contributed by atoms with Crippen molar-refractivity contribution in [2.45, 2.75) is 33.5 Å². The number of aromatic carboxylic acids is 2. The maximum Gasteiger partial charge on any atom is 0.573 e.